The molecule has 0 amide bonds. The summed E-state index contributed by atoms with van der Waals surface area (Å²) in [5, 5.41) is 28.0. The molecule has 5 heteroatoms. The fourth-order valence-electron chi connectivity index (χ4n) is 3.42. The number of aromatic nitrogens is 2. The first-order valence-electron chi connectivity index (χ1n) is 9.16. The standard InChI is InChI=1S/C23H22N4O/c1-15(14-28)22-9-6-19(12-26-22)13-27-16(2)21(11-25)23(17(27)3)20-7-4-18(10-24)5-8-20/h4-9,12,15,28H,13-14H2,1-3H3. The minimum absolute atomic E-state index is 0.0114. The molecule has 0 aliphatic heterocycles. The topological polar surface area (TPSA) is 85.6 Å². The van der Waals surface area contributed by atoms with Crippen LogP contribution in [0.15, 0.2) is 42.6 Å². The van der Waals surface area contributed by atoms with Gasteiger partial charge in [0.1, 0.15) is 6.07 Å². The molecule has 28 heavy (non-hydrogen) atoms. The molecule has 0 aliphatic rings. The van der Waals surface area contributed by atoms with E-state index in [0.29, 0.717) is 17.7 Å². The zero-order chi connectivity index (χ0) is 20.3. The highest BCUT2D eigenvalue weighted by molar-refractivity contribution is 5.75. The van der Waals surface area contributed by atoms with E-state index in [-0.39, 0.29) is 12.5 Å². The Labute approximate surface area is 165 Å². The van der Waals surface area contributed by atoms with Crippen LogP contribution in [0.4, 0.5) is 0 Å². The van der Waals surface area contributed by atoms with Gasteiger partial charge in [0, 0.05) is 41.3 Å². The van der Waals surface area contributed by atoms with E-state index in [9.17, 15) is 10.4 Å². The lowest BCUT2D eigenvalue weighted by Crippen LogP contribution is -2.06. The highest BCUT2D eigenvalue weighted by atomic mass is 16.3. The molecule has 1 atom stereocenters. The van der Waals surface area contributed by atoms with Gasteiger partial charge in [-0.05, 0) is 43.2 Å². The summed E-state index contributed by atoms with van der Waals surface area (Å²) in [6, 6.07) is 15.7. The molecule has 0 fully saturated rings. The van der Waals surface area contributed by atoms with Crippen LogP contribution in [0, 0.1) is 36.5 Å². The van der Waals surface area contributed by atoms with Crippen LogP contribution in [-0.4, -0.2) is 21.3 Å². The van der Waals surface area contributed by atoms with Crippen LogP contribution in [0.25, 0.3) is 11.1 Å². The van der Waals surface area contributed by atoms with E-state index in [1.54, 1.807) is 12.1 Å². The van der Waals surface area contributed by atoms with Gasteiger partial charge in [0.05, 0.1) is 23.8 Å². The molecule has 140 valence electrons. The van der Waals surface area contributed by atoms with Gasteiger partial charge in [-0.3, -0.25) is 4.98 Å². The molecule has 0 spiro atoms. The Morgan fingerprint density at radius 3 is 2.29 bits per heavy atom. The normalized spacial score (nSPS) is 11.6. The molecule has 5 nitrogen and oxygen atoms in total. The summed E-state index contributed by atoms with van der Waals surface area (Å²) in [7, 11) is 0. The number of pyridine rings is 1. The fraction of sp³-hybridized carbons (Fsp3) is 0.261. The number of nitrogens with zero attached hydrogens (tertiary/aromatic N) is 4. The van der Waals surface area contributed by atoms with E-state index >= 15 is 0 Å². The molecule has 1 unspecified atom stereocenters. The lowest BCUT2D eigenvalue weighted by Gasteiger charge is -2.12. The molecule has 1 N–H and O–H groups in total. The summed E-state index contributed by atoms with van der Waals surface area (Å²) < 4.78 is 2.12. The minimum Gasteiger partial charge on any atom is -0.396 e. The summed E-state index contributed by atoms with van der Waals surface area (Å²) in [6.07, 6.45) is 1.83. The lowest BCUT2D eigenvalue weighted by atomic mass is 10.0. The lowest BCUT2D eigenvalue weighted by molar-refractivity contribution is 0.271. The Kier molecular flexibility index (Phi) is 5.59. The van der Waals surface area contributed by atoms with Gasteiger partial charge >= 0.3 is 0 Å². The molecule has 0 aliphatic carbocycles. The van der Waals surface area contributed by atoms with Crippen LogP contribution in [0.1, 0.15) is 46.6 Å². The quantitative estimate of drug-likeness (QED) is 0.734. The van der Waals surface area contributed by atoms with Crippen LogP contribution in [-0.2, 0) is 6.54 Å². The highest BCUT2D eigenvalue weighted by Crippen LogP contribution is 2.32. The molecule has 3 rings (SSSR count). The molecular formula is C23H22N4O. The average Bonchev–Trinajstić information content (AvgIpc) is 2.97. The highest BCUT2D eigenvalue weighted by Gasteiger charge is 2.19. The van der Waals surface area contributed by atoms with E-state index in [1.165, 1.54) is 0 Å². The van der Waals surface area contributed by atoms with Crippen molar-refractivity contribution in [2.75, 3.05) is 6.61 Å². The Morgan fingerprint density at radius 1 is 1.04 bits per heavy atom. The third-order valence-corrected chi connectivity index (χ3v) is 5.16. The van der Waals surface area contributed by atoms with Crippen LogP contribution >= 0.6 is 0 Å². The van der Waals surface area contributed by atoms with Crippen molar-refractivity contribution in [3.05, 3.63) is 76.4 Å². The summed E-state index contributed by atoms with van der Waals surface area (Å²) in [4.78, 5) is 4.46. The molecule has 0 bridgehead atoms. The van der Waals surface area contributed by atoms with E-state index in [4.69, 9.17) is 5.26 Å². The minimum atomic E-state index is 0.0114. The van der Waals surface area contributed by atoms with Crippen molar-refractivity contribution in [3.63, 3.8) is 0 Å². The second-order valence-corrected chi connectivity index (χ2v) is 6.98. The number of rotatable bonds is 5. The van der Waals surface area contributed by atoms with Gasteiger partial charge < -0.3 is 9.67 Å². The Morgan fingerprint density at radius 2 is 1.75 bits per heavy atom. The second kappa shape index (κ2) is 8.08. The predicted molar refractivity (Wildman–Crippen MR) is 108 cm³/mol. The monoisotopic (exact) mass is 370 g/mol. The first-order valence-corrected chi connectivity index (χ1v) is 9.16. The van der Waals surface area contributed by atoms with Crippen molar-refractivity contribution in [3.8, 4) is 23.3 Å². The van der Waals surface area contributed by atoms with Crippen molar-refractivity contribution in [2.45, 2.75) is 33.2 Å². The summed E-state index contributed by atoms with van der Waals surface area (Å²) in [5.41, 5.74) is 6.90. The van der Waals surface area contributed by atoms with E-state index in [1.807, 2.05) is 51.2 Å². The zero-order valence-electron chi connectivity index (χ0n) is 16.3. The molecule has 0 saturated carbocycles. The van der Waals surface area contributed by atoms with Crippen molar-refractivity contribution >= 4 is 0 Å². The van der Waals surface area contributed by atoms with Crippen LogP contribution in [0.3, 0.4) is 0 Å². The maximum atomic E-state index is 9.74. The first-order chi connectivity index (χ1) is 13.5. The molecular weight excluding hydrogens is 348 g/mol. The first kappa shape index (κ1) is 19.4. The van der Waals surface area contributed by atoms with E-state index < -0.39 is 0 Å². The fourth-order valence-corrected chi connectivity index (χ4v) is 3.42. The van der Waals surface area contributed by atoms with E-state index in [2.05, 4.69) is 21.7 Å². The Bertz CT molecular complexity index is 1060. The Balaban J connectivity index is 2.00. The molecule has 2 heterocycles. The summed E-state index contributed by atoms with van der Waals surface area (Å²) in [5.74, 6) is 0.0114. The summed E-state index contributed by atoms with van der Waals surface area (Å²) in [6.45, 7) is 6.59. The van der Waals surface area contributed by atoms with Crippen molar-refractivity contribution in [2.24, 2.45) is 0 Å². The number of hydrogen-bond donors (Lipinski definition) is 1. The molecule has 0 radical (unpaired) electrons. The number of hydrogen-bond acceptors (Lipinski definition) is 4. The number of benzene rings is 1. The van der Waals surface area contributed by atoms with Crippen molar-refractivity contribution in [1.82, 2.24) is 9.55 Å². The van der Waals surface area contributed by atoms with Crippen molar-refractivity contribution in [1.29, 1.82) is 10.5 Å². The molecule has 2 aromatic heterocycles. The molecule has 1 aromatic carbocycles. The maximum absolute atomic E-state index is 9.74. The SMILES string of the molecule is Cc1c(C#N)c(-c2ccc(C#N)cc2)c(C)n1Cc1ccc(C(C)CO)nc1. The summed E-state index contributed by atoms with van der Waals surface area (Å²) >= 11 is 0. The van der Waals surface area contributed by atoms with Gasteiger partial charge in [-0.1, -0.05) is 25.1 Å². The number of nitriles is 2. The smallest absolute Gasteiger partial charge is 0.102 e. The number of aliphatic hydroxyl groups excluding tert-OH is 1. The van der Waals surface area contributed by atoms with Crippen LogP contribution in [0.5, 0.6) is 0 Å². The van der Waals surface area contributed by atoms with Crippen LogP contribution in [0.2, 0.25) is 0 Å². The van der Waals surface area contributed by atoms with Crippen LogP contribution < -0.4 is 0 Å². The van der Waals surface area contributed by atoms with Gasteiger partial charge in [0.25, 0.3) is 0 Å². The zero-order valence-corrected chi connectivity index (χ0v) is 16.3. The predicted octanol–water partition coefficient (Wildman–Crippen LogP) is 4.05. The molecule has 3 aromatic rings. The van der Waals surface area contributed by atoms with Gasteiger partial charge in [0.15, 0.2) is 0 Å². The van der Waals surface area contributed by atoms with Crippen molar-refractivity contribution < 1.29 is 5.11 Å². The molecule has 0 saturated heterocycles. The number of aliphatic hydroxyl groups is 1. The average molecular weight is 370 g/mol. The third kappa shape index (κ3) is 3.53. The van der Waals surface area contributed by atoms with Gasteiger partial charge in [-0.2, -0.15) is 10.5 Å². The van der Waals surface area contributed by atoms with Gasteiger partial charge in [-0.15, -0.1) is 0 Å². The van der Waals surface area contributed by atoms with Gasteiger partial charge in [0.2, 0.25) is 0 Å². The maximum Gasteiger partial charge on any atom is 0.102 e. The van der Waals surface area contributed by atoms with Gasteiger partial charge in [-0.25, -0.2) is 0 Å². The second-order valence-electron chi connectivity index (χ2n) is 6.98. The largest absolute Gasteiger partial charge is 0.396 e. The van der Waals surface area contributed by atoms with E-state index in [0.717, 1.165) is 33.8 Å². The Hall–Kier alpha value is -3.41. The third-order valence-electron chi connectivity index (χ3n) is 5.16.